The summed E-state index contributed by atoms with van der Waals surface area (Å²) in [4.78, 5) is 0. The van der Waals surface area contributed by atoms with Crippen molar-refractivity contribution in [1.29, 1.82) is 0 Å². The largest absolute Gasteiger partial charge is 0.146 e. The highest BCUT2D eigenvalue weighted by Crippen LogP contribution is 2.34. The third-order valence-corrected chi connectivity index (χ3v) is 6.45. The van der Waals surface area contributed by atoms with Gasteiger partial charge in [-0.3, -0.25) is 0 Å². The minimum atomic E-state index is -0.964. The molecule has 0 aromatic heterocycles. The van der Waals surface area contributed by atoms with Gasteiger partial charge in [0.25, 0.3) is 0 Å². The van der Waals surface area contributed by atoms with Crippen LogP contribution in [0.4, 0.5) is 0 Å². The Balaban J connectivity index is 3.99. The molecule has 0 aliphatic heterocycles. The molecule has 0 aliphatic rings. The third-order valence-electron chi connectivity index (χ3n) is 1.21. The molecule has 0 unspecified atom stereocenters. The first-order chi connectivity index (χ1) is 5.49. The lowest BCUT2D eigenvalue weighted by Crippen LogP contribution is -2.13. The van der Waals surface area contributed by atoms with Crippen LogP contribution >= 0.6 is 23.0 Å². The Labute approximate surface area is 86.2 Å². The highest BCUT2D eigenvalue weighted by molar-refractivity contribution is 8.39. The summed E-state index contributed by atoms with van der Waals surface area (Å²) in [6, 6.07) is 0. The van der Waals surface area contributed by atoms with Crippen molar-refractivity contribution in [2.45, 2.75) is 39.4 Å². The maximum Gasteiger partial charge on any atom is 0.115 e. The van der Waals surface area contributed by atoms with Crippen LogP contribution in [0.25, 0.3) is 0 Å². The van der Waals surface area contributed by atoms with Gasteiger partial charge in [-0.05, 0) is 12.7 Å². The molecule has 0 atom stereocenters. The molecule has 0 nitrogen and oxygen atoms in total. The zero-order valence-corrected chi connectivity index (χ0v) is 11.4. The van der Waals surface area contributed by atoms with Gasteiger partial charge in [-0.2, -0.15) is 0 Å². The number of hydrogen-bond acceptors (Lipinski definition) is 2. The van der Waals surface area contributed by atoms with Gasteiger partial charge in [0.1, 0.15) is 7.22 Å². The Morgan fingerprint density at radius 3 is 2.25 bits per heavy atom. The molecule has 0 aromatic rings. The van der Waals surface area contributed by atoms with E-state index in [-0.39, 0.29) is 0 Å². The van der Waals surface area contributed by atoms with E-state index in [1.54, 1.807) is 0 Å². The molecule has 0 radical (unpaired) electrons. The van der Waals surface area contributed by atoms with Gasteiger partial charge in [-0.15, -0.1) is 23.0 Å². The minimum Gasteiger partial charge on any atom is -0.146 e. The van der Waals surface area contributed by atoms with Crippen molar-refractivity contribution in [1.82, 2.24) is 0 Å². The van der Waals surface area contributed by atoms with Gasteiger partial charge in [-0.1, -0.05) is 39.1 Å². The Morgan fingerprint density at radius 1 is 1.33 bits per heavy atom. The summed E-state index contributed by atoms with van der Waals surface area (Å²) in [5.41, 5.74) is 0. The third kappa shape index (κ3) is 7.31. The van der Waals surface area contributed by atoms with E-state index in [0.29, 0.717) is 0 Å². The van der Waals surface area contributed by atoms with Gasteiger partial charge in [-0.25, -0.2) is 0 Å². The number of hydrogen-bond donors (Lipinski definition) is 0. The maximum atomic E-state index is 2.40. The number of thioether (sulfide) groups is 1. The molecule has 0 saturated heterocycles. The van der Waals surface area contributed by atoms with E-state index in [4.69, 9.17) is 0 Å². The van der Waals surface area contributed by atoms with Gasteiger partial charge in [0, 0.05) is 4.24 Å². The molecule has 0 amide bonds. The van der Waals surface area contributed by atoms with Gasteiger partial charge in [0.15, 0.2) is 0 Å². The van der Waals surface area contributed by atoms with E-state index in [1.165, 1.54) is 17.1 Å². The molecule has 12 heavy (non-hydrogen) atoms. The summed E-state index contributed by atoms with van der Waals surface area (Å²) < 4.78 is 1.52. The highest BCUT2D eigenvalue weighted by Gasteiger charge is 2.15. The first kappa shape index (κ1) is 12.7. The van der Waals surface area contributed by atoms with Crippen molar-refractivity contribution in [3.8, 4) is 0 Å². The van der Waals surface area contributed by atoms with Crippen LogP contribution < -0.4 is 0 Å². The van der Waals surface area contributed by atoms with Gasteiger partial charge < -0.3 is 0 Å². The molecule has 0 fully saturated rings. The fourth-order valence-corrected chi connectivity index (χ4v) is 7.21. The summed E-state index contributed by atoms with van der Waals surface area (Å²) >= 11 is 4.00. The molecule has 0 rings (SSSR count). The van der Waals surface area contributed by atoms with Crippen molar-refractivity contribution >= 4 is 30.2 Å². The highest BCUT2D eigenvalue weighted by atomic mass is 32.4. The molecule has 0 spiro atoms. The van der Waals surface area contributed by atoms with E-state index in [0.717, 1.165) is 0 Å². The molecule has 0 N–H and O–H groups in total. The number of rotatable bonds is 5. The summed E-state index contributed by atoms with van der Waals surface area (Å²) in [5.74, 6) is 0. The molecule has 0 aliphatic carbocycles. The van der Waals surface area contributed by atoms with Gasteiger partial charge in [0.2, 0.25) is 0 Å². The van der Waals surface area contributed by atoms with Crippen molar-refractivity contribution in [3.63, 3.8) is 0 Å². The lowest BCUT2D eigenvalue weighted by atomic mass is 10.3. The topological polar surface area (TPSA) is 0 Å². The van der Waals surface area contributed by atoms with Crippen molar-refractivity contribution < 1.29 is 0 Å². The second-order valence-corrected chi connectivity index (χ2v) is 14.0. The Morgan fingerprint density at radius 2 is 1.92 bits per heavy atom. The van der Waals surface area contributed by atoms with Crippen LogP contribution in [0, 0.1) is 0 Å². The molecular formula is C9H20S2Si. The van der Waals surface area contributed by atoms with E-state index in [9.17, 15) is 0 Å². The minimum absolute atomic E-state index is 0.964. The number of unbranched alkanes of at least 4 members (excludes halogenated alkanes) is 1. The standard InChI is InChI=1S/C9H20S2Si/c1-6-7-8-9(10-2)11-12(3,4)5/h8H,6-7H2,1-5H3/b9-8+. The molecule has 3 heteroatoms. The average molecular weight is 220 g/mol. The summed E-state index contributed by atoms with van der Waals surface area (Å²) in [7, 11) is -0.964. The first-order valence-electron chi connectivity index (χ1n) is 4.42. The van der Waals surface area contributed by atoms with Crippen molar-refractivity contribution in [2.24, 2.45) is 0 Å². The lowest BCUT2D eigenvalue weighted by Gasteiger charge is -2.16. The van der Waals surface area contributed by atoms with E-state index in [2.05, 4.69) is 50.1 Å². The maximum absolute atomic E-state index is 2.40. The van der Waals surface area contributed by atoms with Gasteiger partial charge in [0.05, 0.1) is 0 Å². The second kappa shape index (κ2) is 6.16. The molecule has 0 saturated carbocycles. The number of allylic oxidation sites excluding steroid dienone is 1. The molecule has 0 heterocycles. The molecule has 72 valence electrons. The van der Waals surface area contributed by atoms with Crippen LogP contribution in [0.5, 0.6) is 0 Å². The van der Waals surface area contributed by atoms with Crippen LogP contribution in [0.1, 0.15) is 19.8 Å². The zero-order chi connectivity index (χ0) is 9.61. The second-order valence-electron chi connectivity index (χ2n) is 3.73. The normalized spacial score (nSPS) is 13.6. The molecule has 0 aromatic carbocycles. The average Bonchev–Trinajstić information content (AvgIpc) is 1.95. The van der Waals surface area contributed by atoms with Crippen LogP contribution in [-0.4, -0.2) is 13.5 Å². The summed E-state index contributed by atoms with van der Waals surface area (Å²) in [6.45, 7) is 9.42. The zero-order valence-electron chi connectivity index (χ0n) is 8.81. The van der Waals surface area contributed by atoms with Crippen LogP contribution in [0.2, 0.25) is 19.6 Å². The summed E-state index contributed by atoms with van der Waals surface area (Å²) in [6.07, 6.45) is 7.05. The van der Waals surface area contributed by atoms with Crippen LogP contribution in [0.15, 0.2) is 10.3 Å². The quantitative estimate of drug-likeness (QED) is 0.623. The van der Waals surface area contributed by atoms with Gasteiger partial charge >= 0.3 is 0 Å². The van der Waals surface area contributed by atoms with E-state index in [1.807, 2.05) is 11.8 Å². The predicted molar refractivity (Wildman–Crippen MR) is 67.4 cm³/mol. The van der Waals surface area contributed by atoms with Crippen LogP contribution in [0.3, 0.4) is 0 Å². The first-order valence-corrected chi connectivity index (χ1v) is 10.7. The van der Waals surface area contributed by atoms with Crippen LogP contribution in [-0.2, 0) is 0 Å². The van der Waals surface area contributed by atoms with Crippen molar-refractivity contribution in [3.05, 3.63) is 10.3 Å². The predicted octanol–water partition coefficient (Wildman–Crippen LogP) is 4.56. The fraction of sp³-hybridized carbons (Fsp3) is 0.778. The lowest BCUT2D eigenvalue weighted by molar-refractivity contribution is 0.959. The fourth-order valence-electron chi connectivity index (χ4n) is 0.731. The molecular weight excluding hydrogens is 200 g/mol. The smallest absolute Gasteiger partial charge is 0.115 e. The van der Waals surface area contributed by atoms with Crippen molar-refractivity contribution in [2.75, 3.05) is 6.26 Å². The summed E-state index contributed by atoms with van der Waals surface area (Å²) in [5, 5.41) is 0. The Kier molecular flexibility index (Phi) is 6.50. The van der Waals surface area contributed by atoms with E-state index >= 15 is 0 Å². The Bertz CT molecular complexity index is 147. The monoisotopic (exact) mass is 220 g/mol. The molecule has 0 bridgehead atoms. The Hall–Kier alpha value is 0.657. The SMILES string of the molecule is CCC/C=C(\SC)S[Si](C)(C)C. The van der Waals surface area contributed by atoms with E-state index < -0.39 is 7.22 Å².